The van der Waals surface area contributed by atoms with E-state index in [2.05, 4.69) is 243 Å². The van der Waals surface area contributed by atoms with Crippen molar-refractivity contribution in [3.63, 3.8) is 0 Å². The van der Waals surface area contributed by atoms with Crippen LogP contribution in [-0.2, 0) is 10.8 Å². The molecule has 0 radical (unpaired) electrons. The zero-order chi connectivity index (χ0) is 39.6. The molecule has 9 aromatic carbocycles. The van der Waals surface area contributed by atoms with Gasteiger partial charge >= 0.3 is 0 Å². The first-order valence-electron chi connectivity index (χ1n) is 20.7. The summed E-state index contributed by atoms with van der Waals surface area (Å²) in [7, 11) is 0. The molecule has 59 heavy (non-hydrogen) atoms. The molecule has 0 fully saturated rings. The van der Waals surface area contributed by atoms with Gasteiger partial charge in [-0.1, -0.05) is 202 Å². The van der Waals surface area contributed by atoms with E-state index in [0.29, 0.717) is 0 Å². The molecule has 11 rings (SSSR count). The van der Waals surface area contributed by atoms with E-state index >= 15 is 0 Å². The first-order valence-corrected chi connectivity index (χ1v) is 20.7. The highest BCUT2D eigenvalue weighted by Gasteiger charge is 2.46. The lowest BCUT2D eigenvalue weighted by atomic mass is 9.67. The Balaban J connectivity index is 1.05. The van der Waals surface area contributed by atoms with Gasteiger partial charge in [0.1, 0.15) is 0 Å². The smallest absolute Gasteiger partial charge is 0.0713 e. The molecule has 1 nitrogen and oxygen atoms in total. The highest BCUT2D eigenvalue weighted by molar-refractivity contribution is 5.92. The van der Waals surface area contributed by atoms with Crippen LogP contribution in [-0.4, -0.2) is 0 Å². The quantitative estimate of drug-likeness (QED) is 0.157. The van der Waals surface area contributed by atoms with Crippen molar-refractivity contribution in [2.45, 2.75) is 24.7 Å². The van der Waals surface area contributed by atoms with Crippen LogP contribution < -0.4 is 4.90 Å². The maximum atomic E-state index is 2.44. The second-order valence-electron chi connectivity index (χ2n) is 16.5. The van der Waals surface area contributed by atoms with Crippen molar-refractivity contribution in [1.29, 1.82) is 0 Å². The summed E-state index contributed by atoms with van der Waals surface area (Å²) in [6, 6.07) is 82.8. The first-order chi connectivity index (χ1) is 29.0. The molecule has 0 aliphatic heterocycles. The van der Waals surface area contributed by atoms with Gasteiger partial charge in [-0.25, -0.2) is 0 Å². The molecular weight excluding hydrogens is 711 g/mol. The van der Waals surface area contributed by atoms with Crippen LogP contribution in [0.5, 0.6) is 0 Å². The van der Waals surface area contributed by atoms with Gasteiger partial charge in [-0.3, -0.25) is 0 Å². The average molecular weight is 754 g/mol. The van der Waals surface area contributed by atoms with Crippen molar-refractivity contribution in [1.82, 2.24) is 0 Å². The van der Waals surface area contributed by atoms with Gasteiger partial charge in [0, 0.05) is 22.4 Å². The lowest BCUT2D eigenvalue weighted by molar-refractivity contribution is 0.660. The predicted octanol–water partition coefficient (Wildman–Crippen LogP) is 15.2. The van der Waals surface area contributed by atoms with Gasteiger partial charge in [0.2, 0.25) is 0 Å². The van der Waals surface area contributed by atoms with Crippen molar-refractivity contribution < 1.29 is 0 Å². The monoisotopic (exact) mass is 753 g/mol. The van der Waals surface area contributed by atoms with E-state index in [-0.39, 0.29) is 5.41 Å². The molecule has 0 amide bonds. The molecule has 0 saturated heterocycles. The minimum Gasteiger partial charge on any atom is -0.310 e. The molecule has 0 saturated carbocycles. The lowest BCUT2D eigenvalue weighted by Crippen LogP contribution is -2.28. The standard InChI is InChI=1S/C58H43N/c1-57(2)52-27-15-12-25-48(52)50-36-35-46(39-55(50)57)59(56-29-17-14-24-47(56)41-18-6-3-7-19-41)45-33-30-40(31-34-45)42-32-37-54-51(38-42)49-26-13-16-28-53(49)58(54,43-20-8-4-9-21-43)44-22-10-5-11-23-44/h3-39H,1-2H3. The van der Waals surface area contributed by atoms with Crippen molar-refractivity contribution in [2.24, 2.45) is 0 Å². The number of para-hydroxylation sites is 1. The molecule has 2 aliphatic rings. The average Bonchev–Trinajstić information content (AvgIpc) is 3.73. The Kier molecular flexibility index (Phi) is 8.13. The summed E-state index contributed by atoms with van der Waals surface area (Å²) in [5.74, 6) is 0. The maximum absolute atomic E-state index is 2.44. The molecule has 0 unspecified atom stereocenters. The predicted molar refractivity (Wildman–Crippen MR) is 247 cm³/mol. The van der Waals surface area contributed by atoms with Crippen molar-refractivity contribution >= 4 is 17.1 Å². The fourth-order valence-electron chi connectivity index (χ4n) is 10.2. The third kappa shape index (κ3) is 5.39. The number of nitrogens with zero attached hydrogens (tertiary/aromatic N) is 1. The summed E-state index contributed by atoms with van der Waals surface area (Å²) in [5, 5.41) is 0. The molecule has 0 bridgehead atoms. The fraction of sp³-hybridized carbons (Fsp3) is 0.0690. The Morgan fingerprint density at radius 1 is 0.305 bits per heavy atom. The van der Waals surface area contributed by atoms with E-state index in [1.807, 2.05) is 0 Å². The van der Waals surface area contributed by atoms with Gasteiger partial charge in [0.15, 0.2) is 0 Å². The molecule has 1 heteroatoms. The second kappa shape index (κ2) is 13.7. The second-order valence-corrected chi connectivity index (χ2v) is 16.5. The SMILES string of the molecule is CC1(C)c2ccccc2-c2ccc(N(c3ccc(-c4ccc5c(c4)-c4ccccc4C5(c4ccccc4)c4ccccc4)cc3)c3ccccc3-c3ccccc3)cc21. The summed E-state index contributed by atoms with van der Waals surface area (Å²) < 4.78 is 0. The molecule has 0 heterocycles. The van der Waals surface area contributed by atoms with Crippen LogP contribution in [0, 0.1) is 0 Å². The van der Waals surface area contributed by atoms with E-state index < -0.39 is 5.41 Å². The molecular formula is C58H43N. The lowest BCUT2D eigenvalue weighted by Gasteiger charge is -2.33. The number of fused-ring (bicyclic) bond motifs is 6. The topological polar surface area (TPSA) is 3.24 Å². The minimum atomic E-state index is -0.407. The van der Waals surface area contributed by atoms with Crippen LogP contribution in [0.1, 0.15) is 47.2 Å². The van der Waals surface area contributed by atoms with Crippen molar-refractivity contribution in [3.8, 4) is 44.5 Å². The number of hydrogen-bond acceptors (Lipinski definition) is 1. The van der Waals surface area contributed by atoms with Crippen LogP contribution in [0.4, 0.5) is 17.1 Å². The van der Waals surface area contributed by atoms with Gasteiger partial charge < -0.3 is 4.90 Å². The molecule has 0 aromatic heterocycles. The van der Waals surface area contributed by atoms with Crippen molar-refractivity contribution in [2.75, 3.05) is 4.90 Å². The van der Waals surface area contributed by atoms with Crippen LogP contribution in [0.3, 0.4) is 0 Å². The third-order valence-electron chi connectivity index (χ3n) is 13.0. The summed E-state index contributed by atoms with van der Waals surface area (Å²) >= 11 is 0. The highest BCUT2D eigenvalue weighted by Crippen LogP contribution is 2.57. The zero-order valence-electron chi connectivity index (χ0n) is 33.3. The fourth-order valence-corrected chi connectivity index (χ4v) is 10.2. The Bertz CT molecular complexity index is 2960. The number of benzene rings is 9. The Morgan fingerprint density at radius 3 is 1.47 bits per heavy atom. The Hall–Kier alpha value is -7.22. The van der Waals surface area contributed by atoms with Gasteiger partial charge in [-0.15, -0.1) is 0 Å². The molecule has 2 aliphatic carbocycles. The van der Waals surface area contributed by atoms with Crippen LogP contribution >= 0.6 is 0 Å². The Labute approximate surface area is 347 Å². The summed E-state index contributed by atoms with van der Waals surface area (Å²) in [4.78, 5) is 2.44. The molecule has 0 N–H and O–H groups in total. The van der Waals surface area contributed by atoms with E-state index in [1.54, 1.807) is 0 Å². The van der Waals surface area contributed by atoms with Gasteiger partial charge in [-0.05, 0) is 109 Å². The van der Waals surface area contributed by atoms with Gasteiger partial charge in [0.25, 0.3) is 0 Å². The summed E-state index contributed by atoms with van der Waals surface area (Å²) in [6.45, 7) is 4.72. The summed E-state index contributed by atoms with van der Waals surface area (Å²) in [5.41, 5.74) is 20.9. The van der Waals surface area contributed by atoms with Gasteiger partial charge in [0.05, 0.1) is 11.1 Å². The van der Waals surface area contributed by atoms with Crippen LogP contribution in [0.25, 0.3) is 44.5 Å². The number of anilines is 3. The number of hydrogen-bond donors (Lipinski definition) is 0. The molecule has 9 aromatic rings. The molecule has 0 atom stereocenters. The molecule has 280 valence electrons. The highest BCUT2D eigenvalue weighted by atomic mass is 15.1. The number of rotatable bonds is 7. The maximum Gasteiger partial charge on any atom is 0.0713 e. The Morgan fingerprint density at radius 2 is 0.797 bits per heavy atom. The van der Waals surface area contributed by atoms with Crippen LogP contribution in [0.2, 0.25) is 0 Å². The van der Waals surface area contributed by atoms with Crippen molar-refractivity contribution in [3.05, 3.63) is 258 Å². The van der Waals surface area contributed by atoms with Gasteiger partial charge in [-0.2, -0.15) is 0 Å². The first kappa shape index (κ1) is 35.0. The van der Waals surface area contributed by atoms with E-state index in [4.69, 9.17) is 0 Å². The van der Waals surface area contributed by atoms with E-state index in [9.17, 15) is 0 Å². The van der Waals surface area contributed by atoms with Crippen LogP contribution in [0.15, 0.2) is 224 Å². The van der Waals surface area contributed by atoms with E-state index in [0.717, 1.165) is 17.1 Å². The van der Waals surface area contributed by atoms with E-state index in [1.165, 1.54) is 77.9 Å². The largest absolute Gasteiger partial charge is 0.310 e. The summed E-state index contributed by atoms with van der Waals surface area (Å²) in [6.07, 6.45) is 0. The molecule has 0 spiro atoms. The normalized spacial score (nSPS) is 13.9. The third-order valence-corrected chi connectivity index (χ3v) is 13.0. The minimum absolute atomic E-state index is 0.110. The zero-order valence-corrected chi connectivity index (χ0v) is 33.3.